The van der Waals surface area contributed by atoms with E-state index >= 15 is 0 Å². The van der Waals surface area contributed by atoms with Crippen LogP contribution in [-0.4, -0.2) is 16.0 Å². The molecule has 0 aliphatic rings. The molecular formula is C17H15ClN4O2. The summed E-state index contributed by atoms with van der Waals surface area (Å²) in [4.78, 5) is 16.2. The zero-order valence-corrected chi connectivity index (χ0v) is 13.7. The van der Waals surface area contributed by atoms with E-state index in [-0.39, 0.29) is 5.91 Å². The maximum atomic E-state index is 12.1. The zero-order valence-electron chi connectivity index (χ0n) is 12.9. The van der Waals surface area contributed by atoms with Crippen molar-refractivity contribution in [3.63, 3.8) is 0 Å². The molecule has 0 radical (unpaired) electrons. The van der Waals surface area contributed by atoms with Gasteiger partial charge in [0.15, 0.2) is 5.82 Å². The number of nitrogens with one attached hydrogen (secondary N) is 2. The minimum absolute atomic E-state index is 0.299. The number of aryl methyl sites for hydroxylation is 1. The lowest BCUT2D eigenvalue weighted by molar-refractivity contribution is 0.102. The number of hydrogen-bond donors (Lipinski definition) is 2. The second kappa shape index (κ2) is 7.14. The van der Waals surface area contributed by atoms with Gasteiger partial charge in [-0.2, -0.15) is 0 Å². The predicted octanol–water partition coefficient (Wildman–Crippen LogP) is 3.90. The Kier molecular flexibility index (Phi) is 4.77. The van der Waals surface area contributed by atoms with Gasteiger partial charge in [0.1, 0.15) is 11.5 Å². The zero-order chi connectivity index (χ0) is 16.9. The molecule has 0 bridgehead atoms. The number of anilines is 2. The second-order valence-corrected chi connectivity index (χ2v) is 5.63. The van der Waals surface area contributed by atoms with Gasteiger partial charge in [0, 0.05) is 17.6 Å². The Morgan fingerprint density at radius 2 is 2.00 bits per heavy atom. The molecule has 24 heavy (non-hydrogen) atoms. The first-order valence-electron chi connectivity index (χ1n) is 7.29. The molecule has 1 amide bonds. The molecule has 2 N–H and O–H groups in total. The fourth-order valence-electron chi connectivity index (χ4n) is 2.04. The van der Waals surface area contributed by atoms with Gasteiger partial charge in [0.25, 0.3) is 5.91 Å². The number of aromatic nitrogens is 2. The fraction of sp³-hybridized carbons (Fsp3) is 0.118. The quantitative estimate of drug-likeness (QED) is 0.735. The van der Waals surface area contributed by atoms with Crippen molar-refractivity contribution in [3.8, 4) is 0 Å². The molecule has 2 heterocycles. The van der Waals surface area contributed by atoms with Crippen LogP contribution in [0.5, 0.6) is 0 Å². The summed E-state index contributed by atoms with van der Waals surface area (Å²) in [5, 5.41) is 10.3. The van der Waals surface area contributed by atoms with Gasteiger partial charge < -0.3 is 15.2 Å². The molecule has 6 nitrogen and oxygen atoms in total. The summed E-state index contributed by atoms with van der Waals surface area (Å²) in [6.45, 7) is 2.39. The molecule has 122 valence electrons. The first-order valence-corrected chi connectivity index (χ1v) is 7.67. The van der Waals surface area contributed by atoms with Crippen molar-refractivity contribution in [1.82, 2.24) is 10.1 Å². The van der Waals surface area contributed by atoms with Crippen molar-refractivity contribution in [2.24, 2.45) is 0 Å². The number of hydrogen-bond acceptors (Lipinski definition) is 5. The van der Waals surface area contributed by atoms with E-state index < -0.39 is 0 Å². The molecule has 0 atom stereocenters. The van der Waals surface area contributed by atoms with Crippen LogP contribution in [0.4, 0.5) is 11.5 Å². The molecule has 0 unspecified atom stereocenters. The molecule has 7 heteroatoms. The summed E-state index contributed by atoms with van der Waals surface area (Å²) in [6.07, 6.45) is 1.61. The Bertz CT molecular complexity index is 829. The summed E-state index contributed by atoms with van der Waals surface area (Å²) < 4.78 is 4.90. The Balaban J connectivity index is 1.58. The van der Waals surface area contributed by atoms with Gasteiger partial charge in [-0.1, -0.05) is 28.9 Å². The molecule has 0 saturated heterocycles. The lowest BCUT2D eigenvalue weighted by Crippen LogP contribution is -2.14. The number of pyridine rings is 1. The third-order valence-corrected chi connectivity index (χ3v) is 3.53. The number of carbonyl (C=O) groups is 1. The lowest BCUT2D eigenvalue weighted by Gasteiger charge is -2.07. The van der Waals surface area contributed by atoms with Crippen molar-refractivity contribution in [2.45, 2.75) is 13.5 Å². The molecule has 0 aliphatic carbocycles. The molecule has 3 rings (SSSR count). The van der Waals surface area contributed by atoms with Gasteiger partial charge in [0.05, 0.1) is 11.9 Å². The van der Waals surface area contributed by atoms with Gasteiger partial charge >= 0.3 is 0 Å². The first-order chi connectivity index (χ1) is 11.6. The van der Waals surface area contributed by atoms with Crippen LogP contribution < -0.4 is 10.6 Å². The highest BCUT2D eigenvalue weighted by atomic mass is 35.5. The van der Waals surface area contributed by atoms with E-state index in [0.717, 1.165) is 11.3 Å². The summed E-state index contributed by atoms with van der Waals surface area (Å²) in [5.74, 6) is 0.650. The summed E-state index contributed by atoms with van der Waals surface area (Å²) in [6, 6.07) is 12.7. The van der Waals surface area contributed by atoms with Gasteiger partial charge in [-0.05, 0) is 36.8 Å². The predicted molar refractivity (Wildman–Crippen MR) is 92.2 cm³/mol. The van der Waals surface area contributed by atoms with E-state index in [1.165, 1.54) is 0 Å². The van der Waals surface area contributed by atoms with Crippen LogP contribution in [0.3, 0.4) is 0 Å². The summed E-state index contributed by atoms with van der Waals surface area (Å²) >= 11 is 5.86. The third kappa shape index (κ3) is 4.11. The fourth-order valence-corrected chi connectivity index (χ4v) is 2.17. The number of halogens is 1. The molecule has 1 aromatic carbocycles. The van der Waals surface area contributed by atoms with Crippen molar-refractivity contribution in [1.29, 1.82) is 0 Å². The van der Waals surface area contributed by atoms with Crippen molar-refractivity contribution >= 4 is 29.0 Å². The molecule has 0 saturated carbocycles. The van der Waals surface area contributed by atoms with E-state index in [0.29, 0.717) is 28.8 Å². The van der Waals surface area contributed by atoms with Gasteiger partial charge in [-0.25, -0.2) is 4.98 Å². The van der Waals surface area contributed by atoms with Crippen LogP contribution in [0.15, 0.2) is 53.2 Å². The van der Waals surface area contributed by atoms with E-state index in [1.807, 2.05) is 24.3 Å². The highest BCUT2D eigenvalue weighted by Crippen LogP contribution is 2.13. The van der Waals surface area contributed by atoms with Gasteiger partial charge in [-0.3, -0.25) is 4.79 Å². The number of amides is 1. The van der Waals surface area contributed by atoms with Crippen molar-refractivity contribution in [2.75, 3.05) is 10.6 Å². The average Bonchev–Trinajstić information content (AvgIpc) is 2.99. The van der Waals surface area contributed by atoms with Gasteiger partial charge in [-0.15, -0.1) is 0 Å². The molecule has 0 spiro atoms. The molecule has 3 aromatic rings. The summed E-state index contributed by atoms with van der Waals surface area (Å²) in [7, 11) is 0. The Morgan fingerprint density at radius 3 is 2.62 bits per heavy atom. The van der Waals surface area contributed by atoms with Crippen LogP contribution in [-0.2, 0) is 6.54 Å². The second-order valence-electron chi connectivity index (χ2n) is 5.19. The van der Waals surface area contributed by atoms with Gasteiger partial charge in [0.2, 0.25) is 0 Å². The number of benzene rings is 1. The van der Waals surface area contributed by atoms with Crippen molar-refractivity contribution < 1.29 is 9.32 Å². The van der Waals surface area contributed by atoms with Crippen LogP contribution in [0.25, 0.3) is 0 Å². The maximum absolute atomic E-state index is 12.1. The standard InChI is InChI=1S/C17H15ClN4O2/c1-11-8-16(22-24-11)21-17(23)15-7-6-14(10-20-15)19-9-12-2-4-13(18)5-3-12/h2-8,10,19H,9H2,1H3,(H,21,22,23). The average molecular weight is 343 g/mol. The van der Waals surface area contributed by atoms with E-state index in [2.05, 4.69) is 20.8 Å². The minimum atomic E-state index is -0.340. The summed E-state index contributed by atoms with van der Waals surface area (Å²) in [5.41, 5.74) is 2.22. The molecule has 0 aliphatic heterocycles. The van der Waals surface area contributed by atoms with Crippen LogP contribution >= 0.6 is 11.6 Å². The Hall–Kier alpha value is -2.86. The third-order valence-electron chi connectivity index (χ3n) is 3.28. The number of nitrogens with zero attached hydrogens (tertiary/aromatic N) is 2. The normalized spacial score (nSPS) is 10.4. The van der Waals surface area contributed by atoms with E-state index in [9.17, 15) is 4.79 Å². The highest BCUT2D eigenvalue weighted by Gasteiger charge is 2.10. The Labute approximate surface area is 143 Å². The SMILES string of the molecule is Cc1cc(NC(=O)c2ccc(NCc3ccc(Cl)cc3)cn2)no1. The first kappa shape index (κ1) is 16.0. The van der Waals surface area contributed by atoms with E-state index in [1.54, 1.807) is 31.3 Å². The Morgan fingerprint density at radius 1 is 1.21 bits per heavy atom. The number of rotatable bonds is 5. The highest BCUT2D eigenvalue weighted by molar-refractivity contribution is 6.30. The monoisotopic (exact) mass is 342 g/mol. The molecular weight excluding hydrogens is 328 g/mol. The van der Waals surface area contributed by atoms with Crippen LogP contribution in [0.2, 0.25) is 5.02 Å². The molecule has 0 fully saturated rings. The van der Waals surface area contributed by atoms with Crippen LogP contribution in [0.1, 0.15) is 21.8 Å². The largest absolute Gasteiger partial charge is 0.380 e. The maximum Gasteiger partial charge on any atom is 0.275 e. The minimum Gasteiger partial charge on any atom is -0.380 e. The van der Waals surface area contributed by atoms with Crippen LogP contribution in [0, 0.1) is 6.92 Å². The smallest absolute Gasteiger partial charge is 0.275 e. The van der Waals surface area contributed by atoms with Crippen molar-refractivity contribution in [3.05, 3.63) is 70.7 Å². The lowest BCUT2D eigenvalue weighted by atomic mass is 10.2. The van der Waals surface area contributed by atoms with E-state index in [4.69, 9.17) is 16.1 Å². The topological polar surface area (TPSA) is 80.0 Å². The number of carbonyl (C=O) groups excluding carboxylic acids is 1. The molecule has 2 aromatic heterocycles.